The van der Waals surface area contributed by atoms with Gasteiger partial charge >= 0.3 is 0 Å². The number of hydrogen-bond donors (Lipinski definition) is 1. The zero-order valence-corrected chi connectivity index (χ0v) is 10.8. The predicted octanol–water partition coefficient (Wildman–Crippen LogP) is 2.73. The molecule has 1 saturated carbocycles. The Labute approximate surface area is 108 Å². The van der Waals surface area contributed by atoms with Gasteiger partial charge in [0, 0.05) is 24.8 Å². The van der Waals surface area contributed by atoms with Crippen LogP contribution in [0, 0.1) is 12.8 Å². The van der Waals surface area contributed by atoms with Gasteiger partial charge in [-0.25, -0.2) is 0 Å². The molecule has 1 aromatic carbocycles. The van der Waals surface area contributed by atoms with Crippen LogP contribution in [0.15, 0.2) is 30.6 Å². The third kappa shape index (κ3) is 2.18. The fraction of sp³-hybridized carbons (Fsp3) is 0.400. The Balaban J connectivity index is 1.91. The first-order valence-corrected chi connectivity index (χ1v) is 6.59. The highest BCUT2D eigenvalue weighted by molar-refractivity contribution is 5.67. The summed E-state index contributed by atoms with van der Waals surface area (Å²) in [6.45, 7) is 3.79. The maximum Gasteiger partial charge on any atom is 0.0568 e. The van der Waals surface area contributed by atoms with Crippen LogP contribution in [0.25, 0.3) is 11.1 Å². The maximum absolute atomic E-state index is 5.76. The van der Waals surface area contributed by atoms with Gasteiger partial charge in [-0.05, 0) is 42.4 Å². The highest BCUT2D eigenvalue weighted by Gasteiger charge is 2.22. The molecule has 0 amide bonds. The minimum atomic E-state index is 0.593. The molecule has 2 N–H and O–H groups in total. The molecule has 0 bridgehead atoms. The summed E-state index contributed by atoms with van der Waals surface area (Å²) >= 11 is 0. The van der Waals surface area contributed by atoms with E-state index in [1.807, 2.05) is 6.20 Å². The Kier molecular flexibility index (Phi) is 2.92. The Morgan fingerprint density at radius 3 is 2.94 bits per heavy atom. The lowest BCUT2D eigenvalue weighted by Crippen LogP contribution is -2.00. The topological polar surface area (TPSA) is 43.8 Å². The van der Waals surface area contributed by atoms with Gasteiger partial charge in [-0.3, -0.25) is 4.68 Å². The molecular formula is C15H19N3. The molecule has 0 spiro atoms. The van der Waals surface area contributed by atoms with Gasteiger partial charge in [0.1, 0.15) is 0 Å². The lowest BCUT2D eigenvalue weighted by molar-refractivity contribution is 0.563. The molecular weight excluding hydrogens is 222 g/mol. The molecule has 2 aromatic rings. The van der Waals surface area contributed by atoms with Crippen LogP contribution >= 0.6 is 0 Å². The minimum absolute atomic E-state index is 0.593. The van der Waals surface area contributed by atoms with E-state index in [9.17, 15) is 0 Å². The van der Waals surface area contributed by atoms with E-state index in [1.54, 1.807) is 0 Å². The average molecular weight is 241 g/mol. The summed E-state index contributed by atoms with van der Waals surface area (Å²) in [5.41, 5.74) is 10.7. The number of nitrogens with zero attached hydrogens (tertiary/aromatic N) is 2. The molecule has 3 rings (SSSR count). The van der Waals surface area contributed by atoms with Crippen LogP contribution in [0.3, 0.4) is 0 Å². The van der Waals surface area contributed by atoms with Crippen molar-refractivity contribution < 1.29 is 0 Å². The van der Waals surface area contributed by atoms with Crippen LogP contribution in [0.5, 0.6) is 0 Å². The first kappa shape index (κ1) is 11.5. The lowest BCUT2D eigenvalue weighted by atomic mass is 9.99. The quantitative estimate of drug-likeness (QED) is 0.894. The Hall–Kier alpha value is -1.61. The van der Waals surface area contributed by atoms with Crippen LogP contribution in [0.4, 0.5) is 0 Å². The lowest BCUT2D eigenvalue weighted by Gasteiger charge is -2.08. The molecule has 0 unspecified atom stereocenters. The van der Waals surface area contributed by atoms with Crippen molar-refractivity contribution in [3.63, 3.8) is 0 Å². The molecule has 1 aliphatic carbocycles. The molecule has 0 saturated heterocycles. The summed E-state index contributed by atoms with van der Waals surface area (Å²) in [5, 5.41) is 4.45. The summed E-state index contributed by atoms with van der Waals surface area (Å²) in [4.78, 5) is 0. The number of benzene rings is 1. The molecule has 1 fully saturated rings. The molecule has 1 aliphatic rings. The molecule has 0 atom stereocenters. The fourth-order valence-corrected chi connectivity index (χ4v) is 2.38. The SMILES string of the molecule is Cc1c(CN)cccc1-c1cnn(CC2CC2)c1. The van der Waals surface area contributed by atoms with Crippen LogP contribution in [-0.4, -0.2) is 9.78 Å². The van der Waals surface area contributed by atoms with Crippen molar-refractivity contribution in [2.75, 3.05) is 0 Å². The summed E-state index contributed by atoms with van der Waals surface area (Å²) in [5.74, 6) is 0.856. The van der Waals surface area contributed by atoms with Crippen molar-refractivity contribution in [1.82, 2.24) is 9.78 Å². The minimum Gasteiger partial charge on any atom is -0.326 e. The number of rotatable bonds is 4. The fourth-order valence-electron chi connectivity index (χ4n) is 2.38. The third-order valence-electron chi connectivity index (χ3n) is 3.75. The smallest absolute Gasteiger partial charge is 0.0568 e. The predicted molar refractivity (Wildman–Crippen MR) is 73.0 cm³/mol. The molecule has 1 heterocycles. The third-order valence-corrected chi connectivity index (χ3v) is 3.75. The standard InChI is InChI=1S/C15H19N3/c1-11-13(7-16)3-2-4-15(11)14-8-17-18(10-14)9-12-5-6-12/h2-4,8,10,12H,5-7,9,16H2,1H3. The monoisotopic (exact) mass is 241 g/mol. The summed E-state index contributed by atoms with van der Waals surface area (Å²) in [6.07, 6.45) is 6.83. The van der Waals surface area contributed by atoms with Crippen molar-refractivity contribution in [3.8, 4) is 11.1 Å². The van der Waals surface area contributed by atoms with Crippen molar-refractivity contribution >= 4 is 0 Å². The number of aromatic nitrogens is 2. The molecule has 94 valence electrons. The van der Waals surface area contributed by atoms with Crippen molar-refractivity contribution in [2.24, 2.45) is 11.7 Å². The van der Waals surface area contributed by atoms with Gasteiger partial charge in [0.15, 0.2) is 0 Å². The van der Waals surface area contributed by atoms with Gasteiger partial charge in [-0.15, -0.1) is 0 Å². The van der Waals surface area contributed by atoms with Crippen LogP contribution in [-0.2, 0) is 13.1 Å². The van der Waals surface area contributed by atoms with Gasteiger partial charge in [0.25, 0.3) is 0 Å². The Bertz CT molecular complexity index is 553. The first-order valence-electron chi connectivity index (χ1n) is 6.59. The second-order valence-electron chi connectivity index (χ2n) is 5.19. The van der Waals surface area contributed by atoms with Gasteiger partial charge in [0.05, 0.1) is 6.20 Å². The van der Waals surface area contributed by atoms with Crippen LogP contribution in [0.1, 0.15) is 24.0 Å². The van der Waals surface area contributed by atoms with Gasteiger partial charge in [-0.1, -0.05) is 18.2 Å². The maximum atomic E-state index is 5.76. The van der Waals surface area contributed by atoms with Gasteiger partial charge in [-0.2, -0.15) is 5.10 Å². The number of hydrogen-bond acceptors (Lipinski definition) is 2. The van der Waals surface area contributed by atoms with Crippen molar-refractivity contribution in [3.05, 3.63) is 41.7 Å². The van der Waals surface area contributed by atoms with Crippen LogP contribution in [0.2, 0.25) is 0 Å². The second kappa shape index (κ2) is 4.58. The normalized spacial score (nSPS) is 15.0. The summed E-state index contributed by atoms with van der Waals surface area (Å²) in [7, 11) is 0. The van der Waals surface area contributed by atoms with E-state index >= 15 is 0 Å². The van der Waals surface area contributed by atoms with Crippen molar-refractivity contribution in [2.45, 2.75) is 32.9 Å². The molecule has 3 heteroatoms. The zero-order valence-electron chi connectivity index (χ0n) is 10.8. The van der Waals surface area contributed by atoms with Gasteiger partial charge < -0.3 is 5.73 Å². The summed E-state index contributed by atoms with van der Waals surface area (Å²) < 4.78 is 2.07. The van der Waals surface area contributed by atoms with E-state index in [1.165, 1.54) is 35.1 Å². The average Bonchev–Trinajstić information content (AvgIpc) is 3.06. The summed E-state index contributed by atoms with van der Waals surface area (Å²) in [6, 6.07) is 6.31. The zero-order chi connectivity index (χ0) is 12.5. The van der Waals surface area contributed by atoms with E-state index in [-0.39, 0.29) is 0 Å². The van der Waals surface area contributed by atoms with Crippen LogP contribution < -0.4 is 5.73 Å². The van der Waals surface area contributed by atoms with Crippen molar-refractivity contribution in [1.29, 1.82) is 0 Å². The molecule has 0 aliphatic heterocycles. The van der Waals surface area contributed by atoms with E-state index in [0.29, 0.717) is 6.54 Å². The molecule has 18 heavy (non-hydrogen) atoms. The second-order valence-corrected chi connectivity index (χ2v) is 5.19. The van der Waals surface area contributed by atoms with E-state index in [2.05, 4.69) is 41.1 Å². The van der Waals surface area contributed by atoms with Gasteiger partial charge in [0.2, 0.25) is 0 Å². The first-order chi connectivity index (χ1) is 8.78. The Morgan fingerprint density at radius 2 is 2.22 bits per heavy atom. The highest BCUT2D eigenvalue weighted by atomic mass is 15.3. The molecule has 1 aromatic heterocycles. The van der Waals surface area contributed by atoms with E-state index < -0.39 is 0 Å². The molecule has 3 nitrogen and oxygen atoms in total. The van der Waals surface area contributed by atoms with E-state index in [4.69, 9.17) is 5.73 Å². The molecule has 0 radical (unpaired) electrons. The van der Waals surface area contributed by atoms with E-state index in [0.717, 1.165) is 12.5 Å². The Morgan fingerprint density at radius 1 is 1.39 bits per heavy atom. The highest BCUT2D eigenvalue weighted by Crippen LogP contribution is 2.31. The largest absolute Gasteiger partial charge is 0.326 e. The number of nitrogens with two attached hydrogens (primary N) is 1.